The number of ether oxygens (including phenoxy) is 3. The average molecular weight is 650 g/mol. The SMILES string of the molecule is CCOC(=O)[C@]12Cc3cnn(-c4ccc(F)cc4)c3C=C1CC[C@H](N(Cc1ccc(OC)cc1OC)S(=O)(=O)c1cnn(C)c1)C2. The van der Waals surface area contributed by atoms with Crippen LogP contribution in [0.25, 0.3) is 11.8 Å². The van der Waals surface area contributed by atoms with Crippen molar-refractivity contribution in [1.82, 2.24) is 23.9 Å². The van der Waals surface area contributed by atoms with E-state index in [2.05, 4.69) is 10.2 Å². The third-order valence-corrected chi connectivity index (χ3v) is 10.7. The van der Waals surface area contributed by atoms with E-state index in [1.54, 1.807) is 62.3 Å². The lowest BCUT2D eigenvalue weighted by Gasteiger charge is -2.45. The van der Waals surface area contributed by atoms with Crippen LogP contribution in [0, 0.1) is 11.2 Å². The third kappa shape index (κ3) is 5.58. The molecular formula is C33H36FN5O6S. The Hall–Kier alpha value is -4.49. The standard InChI is InChI=1S/C33H36FN5O6S/c1-5-45-32(40)33-16-23-18-36-39(26-11-8-25(34)9-12-26)30(23)14-24(33)7-10-27(17-33)38(46(41,42)29-19-35-37(2)21-29)20-22-6-13-28(43-3)15-31(22)44-4/h6,8-9,11-15,18-19,21,27H,5,7,10,16-17,20H2,1-4H3/t27-,33-/m0/s1. The maximum Gasteiger partial charge on any atom is 0.316 e. The van der Waals surface area contributed by atoms with E-state index in [1.165, 1.54) is 40.6 Å². The summed E-state index contributed by atoms with van der Waals surface area (Å²) in [5.41, 5.74) is 2.73. The summed E-state index contributed by atoms with van der Waals surface area (Å²) in [5.74, 6) is 0.320. The summed E-state index contributed by atoms with van der Waals surface area (Å²) in [5, 5.41) is 8.69. The lowest BCUT2D eigenvalue weighted by Crippen LogP contribution is -2.50. The van der Waals surface area contributed by atoms with Gasteiger partial charge in [0.25, 0.3) is 0 Å². The van der Waals surface area contributed by atoms with Gasteiger partial charge in [-0.2, -0.15) is 14.5 Å². The Kier molecular flexibility index (Phi) is 8.47. The normalized spacial score (nSPS) is 19.3. The maximum absolute atomic E-state index is 14.4. The molecule has 242 valence electrons. The molecule has 11 nitrogen and oxygen atoms in total. The second kappa shape index (κ2) is 12.4. The molecule has 0 radical (unpaired) electrons. The summed E-state index contributed by atoms with van der Waals surface area (Å²) in [6.45, 7) is 1.94. The molecule has 0 amide bonds. The first kappa shape index (κ1) is 31.5. The van der Waals surface area contributed by atoms with E-state index in [1.807, 2.05) is 6.08 Å². The van der Waals surface area contributed by atoms with Gasteiger partial charge in [-0.3, -0.25) is 9.48 Å². The van der Waals surface area contributed by atoms with Crippen LogP contribution in [0.15, 0.2) is 71.5 Å². The van der Waals surface area contributed by atoms with Crippen molar-refractivity contribution in [1.29, 1.82) is 0 Å². The molecule has 0 unspecified atom stereocenters. The van der Waals surface area contributed by atoms with Gasteiger partial charge >= 0.3 is 5.97 Å². The summed E-state index contributed by atoms with van der Waals surface area (Å²) >= 11 is 0. The predicted molar refractivity (Wildman–Crippen MR) is 167 cm³/mol. The van der Waals surface area contributed by atoms with Crippen LogP contribution in [-0.4, -0.2) is 65.1 Å². The van der Waals surface area contributed by atoms with Crippen molar-refractivity contribution in [3.63, 3.8) is 0 Å². The van der Waals surface area contributed by atoms with Gasteiger partial charge in [-0.25, -0.2) is 17.5 Å². The van der Waals surface area contributed by atoms with Gasteiger partial charge in [-0.05, 0) is 74.6 Å². The fraction of sp³-hybridized carbons (Fsp3) is 0.364. The molecule has 4 aromatic rings. The minimum atomic E-state index is -4.07. The van der Waals surface area contributed by atoms with Crippen LogP contribution in [0.2, 0.25) is 0 Å². The Morgan fingerprint density at radius 1 is 1.11 bits per heavy atom. The lowest BCUT2D eigenvalue weighted by atomic mass is 9.63. The summed E-state index contributed by atoms with van der Waals surface area (Å²) in [7, 11) is 0.664. The number of aromatic nitrogens is 4. The number of sulfonamides is 1. The molecule has 6 rings (SSSR count). The first-order valence-electron chi connectivity index (χ1n) is 15.0. The van der Waals surface area contributed by atoms with Crippen molar-refractivity contribution < 1.29 is 31.8 Å². The Bertz CT molecular complexity index is 1900. The summed E-state index contributed by atoms with van der Waals surface area (Å²) in [6.07, 6.45) is 7.90. The van der Waals surface area contributed by atoms with Crippen LogP contribution >= 0.6 is 0 Å². The molecular weight excluding hydrogens is 613 g/mol. The molecule has 2 aromatic carbocycles. The molecule has 0 aliphatic heterocycles. The number of halogens is 1. The maximum atomic E-state index is 14.4. The van der Waals surface area contributed by atoms with Gasteiger partial charge in [-0.15, -0.1) is 0 Å². The number of rotatable bonds is 10. The molecule has 1 fully saturated rings. The summed E-state index contributed by atoms with van der Waals surface area (Å²) < 4.78 is 63.7. The molecule has 0 N–H and O–H groups in total. The van der Waals surface area contributed by atoms with Gasteiger partial charge < -0.3 is 14.2 Å². The highest BCUT2D eigenvalue weighted by Gasteiger charge is 2.52. The van der Waals surface area contributed by atoms with Gasteiger partial charge in [-0.1, -0.05) is 11.6 Å². The molecule has 0 spiro atoms. The zero-order valence-corrected chi connectivity index (χ0v) is 27.0. The molecule has 0 bridgehead atoms. The summed E-state index contributed by atoms with van der Waals surface area (Å²) in [4.78, 5) is 14.0. The Labute approximate surface area is 267 Å². The van der Waals surface area contributed by atoms with E-state index in [9.17, 15) is 17.6 Å². The molecule has 2 atom stereocenters. The number of nitrogens with zero attached hydrogens (tertiary/aromatic N) is 5. The van der Waals surface area contributed by atoms with E-state index in [0.717, 1.165) is 16.8 Å². The van der Waals surface area contributed by atoms with Crippen LogP contribution < -0.4 is 9.47 Å². The van der Waals surface area contributed by atoms with E-state index >= 15 is 0 Å². The molecule has 46 heavy (non-hydrogen) atoms. The van der Waals surface area contributed by atoms with Crippen LogP contribution in [-0.2, 0) is 39.6 Å². The van der Waals surface area contributed by atoms with Crippen LogP contribution in [0.1, 0.15) is 43.0 Å². The molecule has 13 heteroatoms. The number of benzene rings is 2. The Morgan fingerprint density at radius 3 is 2.57 bits per heavy atom. The first-order chi connectivity index (χ1) is 22.1. The monoisotopic (exact) mass is 649 g/mol. The minimum absolute atomic E-state index is 0.000758. The van der Waals surface area contributed by atoms with Crippen LogP contribution in [0.4, 0.5) is 4.39 Å². The second-order valence-corrected chi connectivity index (χ2v) is 13.5. The number of methoxy groups -OCH3 is 2. The number of hydrogen-bond donors (Lipinski definition) is 0. The minimum Gasteiger partial charge on any atom is -0.497 e. The van der Waals surface area contributed by atoms with Crippen molar-refractivity contribution in [2.45, 2.75) is 50.1 Å². The molecule has 1 saturated carbocycles. The largest absolute Gasteiger partial charge is 0.497 e. The van der Waals surface area contributed by atoms with Gasteiger partial charge in [0.2, 0.25) is 10.0 Å². The number of aryl methyl sites for hydroxylation is 1. The highest BCUT2D eigenvalue weighted by Crippen LogP contribution is 2.51. The second-order valence-electron chi connectivity index (χ2n) is 11.6. The molecule has 0 saturated heterocycles. The fourth-order valence-corrected chi connectivity index (χ4v) is 8.20. The number of carbonyl (C=O) groups is 1. The molecule has 2 aliphatic carbocycles. The zero-order chi connectivity index (χ0) is 32.6. The highest BCUT2D eigenvalue weighted by molar-refractivity contribution is 7.89. The smallest absolute Gasteiger partial charge is 0.316 e. The number of carbonyl (C=O) groups excluding carboxylic acids is 1. The Morgan fingerprint density at radius 2 is 1.89 bits per heavy atom. The van der Waals surface area contributed by atoms with E-state index in [4.69, 9.17) is 14.2 Å². The number of fused-ring (bicyclic) bond motifs is 2. The van der Waals surface area contributed by atoms with Crippen LogP contribution in [0.5, 0.6) is 11.5 Å². The average Bonchev–Trinajstić information content (AvgIpc) is 3.68. The van der Waals surface area contributed by atoms with Crippen molar-refractivity contribution in [3.8, 4) is 17.2 Å². The first-order valence-corrected chi connectivity index (χ1v) is 16.5. The van der Waals surface area contributed by atoms with E-state index < -0.39 is 27.4 Å². The van der Waals surface area contributed by atoms with Crippen molar-refractivity contribution in [2.75, 3.05) is 20.8 Å². The van der Waals surface area contributed by atoms with Crippen molar-refractivity contribution >= 4 is 22.1 Å². The number of esters is 1. The topological polar surface area (TPSA) is 118 Å². The zero-order valence-electron chi connectivity index (χ0n) is 26.1. The van der Waals surface area contributed by atoms with Gasteiger partial charge in [0.05, 0.1) is 50.0 Å². The van der Waals surface area contributed by atoms with E-state index in [-0.39, 0.29) is 36.7 Å². The van der Waals surface area contributed by atoms with E-state index in [0.29, 0.717) is 35.6 Å². The lowest BCUT2D eigenvalue weighted by molar-refractivity contribution is -0.155. The Balaban J connectivity index is 1.42. The summed E-state index contributed by atoms with van der Waals surface area (Å²) in [6, 6.07) is 10.8. The third-order valence-electron chi connectivity index (χ3n) is 8.89. The fourth-order valence-electron chi connectivity index (χ4n) is 6.58. The van der Waals surface area contributed by atoms with Gasteiger partial charge in [0, 0.05) is 37.5 Å². The highest BCUT2D eigenvalue weighted by atomic mass is 32.2. The predicted octanol–water partition coefficient (Wildman–Crippen LogP) is 4.69. The molecule has 2 heterocycles. The van der Waals surface area contributed by atoms with Gasteiger partial charge in [0.15, 0.2) is 0 Å². The van der Waals surface area contributed by atoms with Crippen molar-refractivity contribution in [3.05, 3.63) is 89.3 Å². The number of hydrogen-bond acceptors (Lipinski definition) is 8. The molecule has 2 aromatic heterocycles. The quantitative estimate of drug-likeness (QED) is 0.227. The van der Waals surface area contributed by atoms with Crippen LogP contribution in [0.3, 0.4) is 0 Å². The molecule has 2 aliphatic rings. The van der Waals surface area contributed by atoms with Crippen molar-refractivity contribution in [2.24, 2.45) is 12.5 Å². The van der Waals surface area contributed by atoms with Gasteiger partial charge in [0.1, 0.15) is 22.2 Å².